The maximum Gasteiger partial charge on any atom is 0.0537 e. The summed E-state index contributed by atoms with van der Waals surface area (Å²) in [6.45, 7) is 5.71. The molecule has 1 aliphatic rings. The lowest BCUT2D eigenvalue weighted by Gasteiger charge is -2.39. The summed E-state index contributed by atoms with van der Waals surface area (Å²) >= 11 is 0. The average molecular weight is 207 g/mol. The van der Waals surface area contributed by atoms with Gasteiger partial charge in [0.15, 0.2) is 0 Å². The van der Waals surface area contributed by atoms with Crippen LogP contribution in [0.5, 0.6) is 0 Å². The maximum absolute atomic E-state index is 4.19. The Balaban J connectivity index is 1.84. The Morgan fingerprint density at radius 2 is 2.33 bits per heavy atom. The van der Waals surface area contributed by atoms with Crippen molar-refractivity contribution in [3.8, 4) is 0 Å². The molecule has 0 saturated heterocycles. The minimum Gasteiger partial charge on any atom is -0.310 e. The fraction of sp³-hybridized carbons (Fsp3) is 0.750. The van der Waals surface area contributed by atoms with E-state index in [0.717, 1.165) is 6.54 Å². The van der Waals surface area contributed by atoms with Crippen molar-refractivity contribution in [2.75, 3.05) is 6.54 Å². The van der Waals surface area contributed by atoms with Crippen molar-refractivity contribution < 1.29 is 0 Å². The fourth-order valence-electron chi connectivity index (χ4n) is 2.14. The summed E-state index contributed by atoms with van der Waals surface area (Å²) in [4.78, 5) is 0. The first-order valence-electron chi connectivity index (χ1n) is 5.81. The monoisotopic (exact) mass is 207 g/mol. The highest BCUT2D eigenvalue weighted by molar-refractivity contribution is 5.09. The molecule has 0 amide bonds. The third-order valence-corrected chi connectivity index (χ3v) is 3.62. The molecule has 0 radical (unpaired) electrons. The zero-order valence-electron chi connectivity index (χ0n) is 9.95. The van der Waals surface area contributed by atoms with Gasteiger partial charge >= 0.3 is 0 Å². The van der Waals surface area contributed by atoms with Gasteiger partial charge in [-0.15, -0.1) is 0 Å². The first kappa shape index (κ1) is 10.7. The van der Waals surface area contributed by atoms with Gasteiger partial charge in [0.1, 0.15) is 0 Å². The van der Waals surface area contributed by atoms with E-state index in [1.807, 2.05) is 17.9 Å². The van der Waals surface area contributed by atoms with Crippen LogP contribution in [0.15, 0.2) is 12.4 Å². The second-order valence-corrected chi connectivity index (χ2v) is 5.21. The number of hydrogen-bond donors (Lipinski definition) is 1. The molecule has 1 fully saturated rings. The van der Waals surface area contributed by atoms with Crippen molar-refractivity contribution in [2.24, 2.45) is 12.5 Å². The smallest absolute Gasteiger partial charge is 0.0537 e. The van der Waals surface area contributed by atoms with Crippen LogP contribution >= 0.6 is 0 Å². The molecule has 2 rings (SSSR count). The highest BCUT2D eigenvalue weighted by Gasteiger charge is 2.31. The van der Waals surface area contributed by atoms with Crippen LogP contribution in [0.4, 0.5) is 0 Å². The second-order valence-electron chi connectivity index (χ2n) is 5.21. The summed E-state index contributed by atoms with van der Waals surface area (Å²) in [5, 5.41) is 7.79. The molecule has 0 spiro atoms. The lowest BCUT2D eigenvalue weighted by atomic mass is 9.70. The molecule has 0 aliphatic heterocycles. The normalized spacial score (nSPS) is 21.0. The Bertz CT molecular complexity index is 325. The lowest BCUT2D eigenvalue weighted by Crippen LogP contribution is -2.38. The van der Waals surface area contributed by atoms with Gasteiger partial charge in [0, 0.05) is 31.4 Å². The van der Waals surface area contributed by atoms with Gasteiger partial charge in [0.05, 0.1) is 6.20 Å². The van der Waals surface area contributed by atoms with Crippen molar-refractivity contribution >= 4 is 0 Å². The number of nitrogens with one attached hydrogen (secondary N) is 1. The fourth-order valence-corrected chi connectivity index (χ4v) is 2.14. The van der Waals surface area contributed by atoms with Gasteiger partial charge in [-0.3, -0.25) is 4.68 Å². The van der Waals surface area contributed by atoms with E-state index in [4.69, 9.17) is 0 Å². The van der Waals surface area contributed by atoms with E-state index in [0.29, 0.717) is 11.5 Å². The van der Waals surface area contributed by atoms with Crippen molar-refractivity contribution in [1.82, 2.24) is 15.1 Å². The zero-order chi connectivity index (χ0) is 10.9. The molecule has 1 unspecified atom stereocenters. The van der Waals surface area contributed by atoms with Crippen LogP contribution in [0, 0.1) is 5.41 Å². The molecule has 1 aliphatic carbocycles. The van der Waals surface area contributed by atoms with Gasteiger partial charge in [-0.1, -0.05) is 13.3 Å². The van der Waals surface area contributed by atoms with Crippen molar-refractivity contribution in [3.63, 3.8) is 0 Å². The standard InChI is InChI=1S/C12H21N3/c1-10(11-7-14-15(3)8-11)13-9-12(2)5-4-6-12/h7-8,10,13H,4-6,9H2,1-3H3. The number of aryl methyl sites for hydroxylation is 1. The predicted molar refractivity (Wildman–Crippen MR) is 61.6 cm³/mol. The van der Waals surface area contributed by atoms with E-state index in [-0.39, 0.29) is 0 Å². The van der Waals surface area contributed by atoms with E-state index in [9.17, 15) is 0 Å². The summed E-state index contributed by atoms with van der Waals surface area (Å²) in [7, 11) is 1.96. The molecule has 1 saturated carbocycles. The highest BCUT2D eigenvalue weighted by Crippen LogP contribution is 2.39. The molecule has 1 aromatic heterocycles. The Morgan fingerprint density at radius 3 is 2.80 bits per heavy atom. The quantitative estimate of drug-likeness (QED) is 0.820. The third-order valence-electron chi connectivity index (χ3n) is 3.62. The molecule has 1 N–H and O–H groups in total. The van der Waals surface area contributed by atoms with Crippen molar-refractivity contribution in [3.05, 3.63) is 18.0 Å². The van der Waals surface area contributed by atoms with Crippen LogP contribution in [-0.2, 0) is 7.05 Å². The van der Waals surface area contributed by atoms with Gasteiger partial charge in [-0.05, 0) is 25.2 Å². The molecular weight excluding hydrogens is 186 g/mol. The Kier molecular flexibility index (Phi) is 2.83. The SMILES string of the molecule is CC(NCC1(C)CCC1)c1cnn(C)c1. The summed E-state index contributed by atoms with van der Waals surface area (Å²) in [5.41, 5.74) is 1.83. The van der Waals surface area contributed by atoms with Gasteiger partial charge in [-0.25, -0.2) is 0 Å². The van der Waals surface area contributed by atoms with Gasteiger partial charge in [0.25, 0.3) is 0 Å². The highest BCUT2D eigenvalue weighted by atomic mass is 15.2. The van der Waals surface area contributed by atoms with Crippen LogP contribution in [0.1, 0.15) is 44.7 Å². The van der Waals surface area contributed by atoms with Crippen molar-refractivity contribution in [1.29, 1.82) is 0 Å². The minimum atomic E-state index is 0.413. The Labute approximate surface area is 91.9 Å². The van der Waals surface area contributed by atoms with Crippen LogP contribution in [0.2, 0.25) is 0 Å². The maximum atomic E-state index is 4.19. The van der Waals surface area contributed by atoms with Gasteiger partial charge in [-0.2, -0.15) is 5.10 Å². The van der Waals surface area contributed by atoms with Gasteiger partial charge in [0.2, 0.25) is 0 Å². The third kappa shape index (κ3) is 2.40. The number of aromatic nitrogens is 2. The first-order chi connectivity index (χ1) is 7.09. The van der Waals surface area contributed by atoms with E-state index >= 15 is 0 Å². The number of rotatable bonds is 4. The molecule has 15 heavy (non-hydrogen) atoms. The lowest BCUT2D eigenvalue weighted by molar-refractivity contribution is 0.152. The summed E-state index contributed by atoms with van der Waals surface area (Å²) in [6.07, 6.45) is 8.18. The zero-order valence-corrected chi connectivity index (χ0v) is 9.95. The molecule has 3 nitrogen and oxygen atoms in total. The van der Waals surface area contributed by atoms with E-state index in [1.165, 1.54) is 24.8 Å². The van der Waals surface area contributed by atoms with Crippen LogP contribution in [0.25, 0.3) is 0 Å². The molecule has 0 aromatic carbocycles. The molecule has 0 bridgehead atoms. The largest absolute Gasteiger partial charge is 0.310 e. The Morgan fingerprint density at radius 1 is 1.60 bits per heavy atom. The molecule has 1 atom stereocenters. The molecule has 1 heterocycles. The molecular formula is C12H21N3. The van der Waals surface area contributed by atoms with Crippen LogP contribution in [0.3, 0.4) is 0 Å². The van der Waals surface area contributed by atoms with E-state index < -0.39 is 0 Å². The summed E-state index contributed by atoms with van der Waals surface area (Å²) in [6, 6.07) is 0.413. The topological polar surface area (TPSA) is 29.9 Å². The van der Waals surface area contributed by atoms with Gasteiger partial charge < -0.3 is 5.32 Å². The Hall–Kier alpha value is -0.830. The number of hydrogen-bond acceptors (Lipinski definition) is 2. The van der Waals surface area contributed by atoms with Crippen LogP contribution < -0.4 is 5.32 Å². The first-order valence-corrected chi connectivity index (χ1v) is 5.81. The molecule has 1 aromatic rings. The average Bonchev–Trinajstić information content (AvgIpc) is 2.58. The number of nitrogens with zero attached hydrogens (tertiary/aromatic N) is 2. The van der Waals surface area contributed by atoms with E-state index in [1.54, 1.807) is 0 Å². The van der Waals surface area contributed by atoms with E-state index in [2.05, 4.69) is 30.5 Å². The molecule has 3 heteroatoms. The summed E-state index contributed by atoms with van der Waals surface area (Å²) in [5.74, 6) is 0. The molecule has 84 valence electrons. The predicted octanol–water partition coefficient (Wildman–Crippen LogP) is 2.26. The van der Waals surface area contributed by atoms with Crippen molar-refractivity contribution in [2.45, 2.75) is 39.2 Å². The van der Waals surface area contributed by atoms with Crippen LogP contribution in [-0.4, -0.2) is 16.3 Å². The minimum absolute atomic E-state index is 0.413. The second kappa shape index (κ2) is 3.97. The summed E-state index contributed by atoms with van der Waals surface area (Å²) < 4.78 is 1.86.